The topological polar surface area (TPSA) is 98.2 Å². The highest BCUT2D eigenvalue weighted by Gasteiger charge is 2.42. The van der Waals surface area contributed by atoms with Gasteiger partial charge in [0.25, 0.3) is 11.8 Å². The Hall–Kier alpha value is -3.16. The molecule has 0 radical (unpaired) electrons. The number of anilines is 1. The number of barbiturate groups is 1. The molecule has 1 aromatic rings. The quantitative estimate of drug-likeness (QED) is 0.578. The van der Waals surface area contributed by atoms with E-state index in [0.717, 1.165) is 17.0 Å². The second-order valence-electron chi connectivity index (χ2n) is 6.39. The third kappa shape index (κ3) is 4.33. The summed E-state index contributed by atoms with van der Waals surface area (Å²) in [7, 11) is 3.66. The van der Waals surface area contributed by atoms with Crippen LogP contribution in [0.5, 0.6) is 0 Å². The number of imide groups is 2. The van der Waals surface area contributed by atoms with Gasteiger partial charge in [-0.05, 0) is 24.1 Å². The molecule has 0 saturated carbocycles. The summed E-state index contributed by atoms with van der Waals surface area (Å²) in [5.41, 5.74) is 1.19. The monoisotopic (exact) mass is 373 g/mol. The first kappa shape index (κ1) is 20.2. The lowest BCUT2D eigenvalue weighted by molar-refractivity contribution is -0.144. The van der Waals surface area contributed by atoms with E-state index >= 15 is 0 Å². The minimum atomic E-state index is -1.32. The van der Waals surface area contributed by atoms with E-state index in [9.17, 15) is 19.2 Å². The fourth-order valence-corrected chi connectivity index (χ4v) is 2.79. The van der Waals surface area contributed by atoms with Gasteiger partial charge < -0.3 is 10.0 Å². The first-order valence-corrected chi connectivity index (χ1v) is 8.65. The number of carbonyl (C=O) groups excluding carboxylic acids is 3. The smallest absolute Gasteiger partial charge is 0.334 e. The Morgan fingerprint density at radius 2 is 1.74 bits per heavy atom. The Morgan fingerprint density at radius 1 is 1.11 bits per heavy atom. The Bertz CT molecular complexity index is 800. The van der Waals surface area contributed by atoms with Crippen LogP contribution in [-0.4, -0.2) is 65.9 Å². The van der Waals surface area contributed by atoms with Crippen LogP contribution in [0.4, 0.5) is 10.5 Å². The van der Waals surface area contributed by atoms with Crippen molar-refractivity contribution in [3.8, 4) is 0 Å². The maximum atomic E-state index is 12.8. The molecule has 1 aliphatic rings. The molecular formula is C19H23N3O5. The molecule has 1 heterocycles. The van der Waals surface area contributed by atoms with Gasteiger partial charge >= 0.3 is 12.0 Å². The van der Waals surface area contributed by atoms with Crippen molar-refractivity contribution in [2.24, 2.45) is 0 Å². The number of carboxylic acid groups (broad SMARTS) is 1. The van der Waals surface area contributed by atoms with Crippen LogP contribution >= 0.6 is 0 Å². The van der Waals surface area contributed by atoms with E-state index < -0.39 is 30.4 Å². The summed E-state index contributed by atoms with van der Waals surface area (Å²) < 4.78 is 0. The van der Waals surface area contributed by atoms with E-state index in [1.807, 2.05) is 38.1 Å². The molecule has 1 aliphatic heterocycles. The van der Waals surface area contributed by atoms with Crippen LogP contribution in [-0.2, 0) is 14.4 Å². The number of hydrogen-bond donors (Lipinski definition) is 1. The van der Waals surface area contributed by atoms with Crippen LogP contribution < -0.4 is 4.90 Å². The molecule has 1 saturated heterocycles. The molecule has 0 spiro atoms. The number of carboxylic acids is 1. The molecule has 1 fully saturated rings. The molecule has 0 aromatic heterocycles. The van der Waals surface area contributed by atoms with Crippen LogP contribution in [0.25, 0.3) is 6.08 Å². The lowest BCUT2D eigenvalue weighted by Crippen LogP contribution is -2.57. The molecule has 27 heavy (non-hydrogen) atoms. The van der Waals surface area contributed by atoms with Crippen molar-refractivity contribution in [1.29, 1.82) is 0 Å². The van der Waals surface area contributed by atoms with E-state index in [4.69, 9.17) is 5.11 Å². The molecule has 0 atom stereocenters. The number of amides is 4. The molecule has 2 rings (SSSR count). The Morgan fingerprint density at radius 3 is 2.33 bits per heavy atom. The summed E-state index contributed by atoms with van der Waals surface area (Å²) in [6, 6.07) is 6.29. The Balaban J connectivity index is 2.52. The van der Waals surface area contributed by atoms with Crippen molar-refractivity contribution in [3.63, 3.8) is 0 Å². The molecular weight excluding hydrogens is 350 g/mol. The Labute approximate surface area is 157 Å². The molecule has 8 nitrogen and oxygen atoms in total. The average Bonchev–Trinajstić information content (AvgIpc) is 2.62. The van der Waals surface area contributed by atoms with Crippen LogP contribution in [0.3, 0.4) is 0 Å². The third-order valence-electron chi connectivity index (χ3n) is 4.16. The number of rotatable bonds is 7. The standard InChI is InChI=1S/C19H23N3O5/c1-4-5-10-21-17(25)14(18(26)22(19(21)27)12-16(23)24)11-13-8-6-7-9-15(13)20(2)3/h6-9,11H,4-5,10,12H2,1-3H3,(H,23,24)/b14-11+. The molecule has 0 unspecified atom stereocenters. The fourth-order valence-electron chi connectivity index (χ4n) is 2.79. The zero-order chi connectivity index (χ0) is 20.1. The number of benzene rings is 1. The van der Waals surface area contributed by atoms with Crippen LogP contribution in [0.2, 0.25) is 0 Å². The normalized spacial score (nSPS) is 16.3. The minimum absolute atomic E-state index is 0.129. The van der Waals surface area contributed by atoms with E-state index in [1.165, 1.54) is 6.08 Å². The van der Waals surface area contributed by atoms with E-state index in [-0.39, 0.29) is 12.1 Å². The summed E-state index contributed by atoms with van der Waals surface area (Å²) in [4.78, 5) is 52.4. The SMILES string of the molecule is CCCCN1C(=O)/C(=C\c2ccccc2N(C)C)C(=O)N(CC(=O)O)C1=O. The molecule has 0 bridgehead atoms. The number of urea groups is 1. The van der Waals surface area contributed by atoms with Crippen LogP contribution in [0.1, 0.15) is 25.3 Å². The van der Waals surface area contributed by atoms with Crippen molar-refractivity contribution in [2.45, 2.75) is 19.8 Å². The highest BCUT2D eigenvalue weighted by molar-refractivity contribution is 6.31. The molecule has 1 aromatic carbocycles. The van der Waals surface area contributed by atoms with Gasteiger partial charge in [0.2, 0.25) is 0 Å². The van der Waals surface area contributed by atoms with E-state index in [1.54, 1.807) is 12.1 Å². The zero-order valence-electron chi connectivity index (χ0n) is 15.6. The van der Waals surface area contributed by atoms with Gasteiger partial charge in [0, 0.05) is 26.3 Å². The van der Waals surface area contributed by atoms with Gasteiger partial charge in [-0.1, -0.05) is 31.5 Å². The first-order chi connectivity index (χ1) is 12.8. The Kier molecular flexibility index (Phi) is 6.33. The van der Waals surface area contributed by atoms with Gasteiger partial charge in [-0.25, -0.2) is 9.69 Å². The highest BCUT2D eigenvalue weighted by Crippen LogP contribution is 2.25. The van der Waals surface area contributed by atoms with E-state index in [2.05, 4.69) is 0 Å². The molecule has 1 N–H and O–H groups in total. The number of hydrogen-bond acceptors (Lipinski definition) is 5. The second kappa shape index (κ2) is 8.48. The summed E-state index contributed by atoms with van der Waals surface area (Å²) in [5.74, 6) is -2.92. The number of aliphatic carboxylic acids is 1. The van der Waals surface area contributed by atoms with Crippen LogP contribution in [0.15, 0.2) is 29.8 Å². The number of carbonyl (C=O) groups is 4. The van der Waals surface area contributed by atoms with Gasteiger partial charge in [0.15, 0.2) is 0 Å². The largest absolute Gasteiger partial charge is 0.480 e. The average molecular weight is 373 g/mol. The van der Waals surface area contributed by atoms with Gasteiger partial charge in [0.1, 0.15) is 12.1 Å². The highest BCUT2D eigenvalue weighted by atomic mass is 16.4. The predicted octanol–water partition coefficient (Wildman–Crippen LogP) is 1.81. The maximum absolute atomic E-state index is 12.8. The van der Waals surface area contributed by atoms with Crippen molar-refractivity contribution in [3.05, 3.63) is 35.4 Å². The van der Waals surface area contributed by atoms with Crippen molar-refractivity contribution in [2.75, 3.05) is 32.1 Å². The van der Waals surface area contributed by atoms with Gasteiger partial charge in [-0.3, -0.25) is 19.3 Å². The number of unbranched alkanes of at least 4 members (excludes halogenated alkanes) is 1. The summed E-state index contributed by atoms with van der Waals surface area (Å²) in [6.45, 7) is 1.24. The molecule has 144 valence electrons. The zero-order valence-corrected chi connectivity index (χ0v) is 15.6. The summed E-state index contributed by atoms with van der Waals surface area (Å²) in [6.07, 6.45) is 2.72. The van der Waals surface area contributed by atoms with Crippen molar-refractivity contribution in [1.82, 2.24) is 9.80 Å². The predicted molar refractivity (Wildman–Crippen MR) is 100 cm³/mol. The van der Waals surface area contributed by atoms with Crippen molar-refractivity contribution < 1.29 is 24.3 Å². The van der Waals surface area contributed by atoms with E-state index in [0.29, 0.717) is 16.9 Å². The van der Waals surface area contributed by atoms with Crippen LogP contribution in [0, 0.1) is 0 Å². The summed E-state index contributed by atoms with van der Waals surface area (Å²) in [5, 5.41) is 9.05. The van der Waals surface area contributed by atoms with Gasteiger partial charge in [-0.2, -0.15) is 0 Å². The lowest BCUT2D eigenvalue weighted by Gasteiger charge is -2.33. The van der Waals surface area contributed by atoms with Crippen molar-refractivity contribution >= 4 is 35.6 Å². The maximum Gasteiger partial charge on any atom is 0.334 e. The second-order valence-corrected chi connectivity index (χ2v) is 6.39. The molecule has 8 heteroatoms. The first-order valence-electron chi connectivity index (χ1n) is 8.65. The summed E-state index contributed by atoms with van der Waals surface area (Å²) >= 11 is 0. The molecule has 0 aliphatic carbocycles. The fraction of sp³-hybridized carbons (Fsp3) is 0.368. The van der Waals surface area contributed by atoms with Gasteiger partial charge in [0.05, 0.1) is 0 Å². The third-order valence-corrected chi connectivity index (χ3v) is 4.16. The lowest BCUT2D eigenvalue weighted by atomic mass is 10.0. The number of para-hydroxylation sites is 1. The van der Waals surface area contributed by atoms with Gasteiger partial charge in [-0.15, -0.1) is 0 Å². The number of nitrogens with zero attached hydrogens (tertiary/aromatic N) is 3. The minimum Gasteiger partial charge on any atom is -0.480 e. The molecule has 4 amide bonds.